The van der Waals surface area contributed by atoms with E-state index < -0.39 is 0 Å². The van der Waals surface area contributed by atoms with Crippen molar-refractivity contribution in [2.24, 2.45) is 0 Å². The second-order valence-electron chi connectivity index (χ2n) is 6.68. The number of anilines is 1. The summed E-state index contributed by atoms with van der Waals surface area (Å²) in [6.45, 7) is 0. The molecule has 1 aromatic carbocycles. The number of benzene rings is 1. The Morgan fingerprint density at radius 1 is 1.12 bits per heavy atom. The fourth-order valence-electron chi connectivity index (χ4n) is 3.73. The summed E-state index contributed by atoms with van der Waals surface area (Å²) in [5.74, 6) is 1.50. The molecule has 0 unspecified atom stereocenters. The minimum absolute atomic E-state index is 0.00329. The Morgan fingerprint density at radius 2 is 2.00 bits per heavy atom. The first-order valence-electron chi connectivity index (χ1n) is 8.76. The molecule has 1 aliphatic heterocycles. The van der Waals surface area contributed by atoms with Crippen molar-refractivity contribution in [2.45, 2.75) is 31.8 Å². The van der Waals surface area contributed by atoms with Crippen molar-refractivity contribution >= 4 is 38.2 Å². The van der Waals surface area contributed by atoms with Gasteiger partial charge < -0.3 is 15.1 Å². The van der Waals surface area contributed by atoms with Crippen LogP contribution in [0.25, 0.3) is 11.3 Å². The number of furan rings is 1. The quantitative estimate of drug-likeness (QED) is 0.566. The van der Waals surface area contributed by atoms with Crippen molar-refractivity contribution in [2.75, 3.05) is 5.32 Å². The largest absolute Gasteiger partial charge is 0.457 e. The molecule has 2 aromatic heterocycles. The van der Waals surface area contributed by atoms with Crippen molar-refractivity contribution in [1.29, 1.82) is 0 Å². The summed E-state index contributed by atoms with van der Waals surface area (Å²) in [5.41, 5.74) is 3.09. The second-order valence-corrected chi connectivity index (χ2v) is 8.70. The Hall–Kier alpha value is -2.05. The van der Waals surface area contributed by atoms with Crippen LogP contribution in [0.1, 0.15) is 45.6 Å². The fraction of sp³-hybridized carbons (Fsp3) is 0.250. The van der Waals surface area contributed by atoms with E-state index in [-0.39, 0.29) is 12.1 Å². The molecule has 0 spiro atoms. The number of halogens is 1. The predicted octanol–water partition coefficient (Wildman–Crippen LogP) is 5.50. The third-order valence-corrected chi connectivity index (χ3v) is 6.69. The molecule has 1 amide bonds. The number of thiophene rings is 1. The van der Waals surface area contributed by atoms with Gasteiger partial charge in [-0.2, -0.15) is 0 Å². The van der Waals surface area contributed by atoms with Crippen molar-refractivity contribution in [1.82, 2.24) is 5.32 Å². The van der Waals surface area contributed by atoms with Crippen LogP contribution >= 0.6 is 27.3 Å². The lowest BCUT2D eigenvalue weighted by atomic mass is 9.94. The van der Waals surface area contributed by atoms with Crippen LogP contribution in [0.5, 0.6) is 0 Å². The lowest BCUT2D eigenvalue weighted by Gasteiger charge is -2.25. The Bertz CT molecular complexity index is 1010. The molecule has 26 heavy (non-hydrogen) atoms. The molecular weight excluding hydrogens is 412 g/mol. The topological polar surface area (TPSA) is 54.3 Å². The predicted molar refractivity (Wildman–Crippen MR) is 107 cm³/mol. The van der Waals surface area contributed by atoms with Crippen molar-refractivity contribution in [3.8, 4) is 11.3 Å². The lowest BCUT2D eigenvalue weighted by molar-refractivity contribution is 0.0930. The van der Waals surface area contributed by atoms with E-state index in [2.05, 4.69) is 26.6 Å². The van der Waals surface area contributed by atoms with Gasteiger partial charge in [-0.3, -0.25) is 4.79 Å². The number of amides is 1. The van der Waals surface area contributed by atoms with Gasteiger partial charge in [0.15, 0.2) is 6.17 Å². The summed E-state index contributed by atoms with van der Waals surface area (Å²) < 4.78 is 7.04. The normalized spacial score (nSPS) is 18.7. The van der Waals surface area contributed by atoms with E-state index in [9.17, 15) is 4.79 Å². The molecule has 3 heterocycles. The van der Waals surface area contributed by atoms with Gasteiger partial charge in [0, 0.05) is 14.9 Å². The Kier molecular flexibility index (Phi) is 3.90. The first-order valence-corrected chi connectivity index (χ1v) is 10.4. The van der Waals surface area contributed by atoms with Crippen LogP contribution in [0.15, 0.2) is 45.3 Å². The Labute approximate surface area is 163 Å². The number of aryl methyl sites for hydroxylation is 1. The van der Waals surface area contributed by atoms with Crippen LogP contribution in [0.4, 0.5) is 5.00 Å². The highest BCUT2D eigenvalue weighted by atomic mass is 79.9. The fourth-order valence-corrected chi connectivity index (χ4v) is 5.44. The SMILES string of the molecule is O=C1N[C@H](c2ccc(-c3cccc(Br)c3)o2)Nc2sc3c(c21)CCCC3. The first kappa shape index (κ1) is 16.1. The van der Waals surface area contributed by atoms with Crippen LogP contribution in [0, 0.1) is 0 Å². The number of hydrogen-bond donors (Lipinski definition) is 2. The highest BCUT2D eigenvalue weighted by Crippen LogP contribution is 2.41. The average molecular weight is 429 g/mol. The van der Waals surface area contributed by atoms with Crippen LogP contribution in [-0.2, 0) is 12.8 Å². The molecule has 1 atom stereocenters. The van der Waals surface area contributed by atoms with Gasteiger partial charge in [0.25, 0.3) is 5.91 Å². The monoisotopic (exact) mass is 428 g/mol. The molecule has 3 aromatic rings. The van der Waals surface area contributed by atoms with E-state index >= 15 is 0 Å². The van der Waals surface area contributed by atoms with Gasteiger partial charge in [-0.25, -0.2) is 0 Å². The van der Waals surface area contributed by atoms with E-state index in [1.54, 1.807) is 11.3 Å². The molecule has 0 saturated heterocycles. The first-order chi connectivity index (χ1) is 12.7. The molecular formula is C20H17BrN2O2S. The van der Waals surface area contributed by atoms with Crippen molar-refractivity contribution < 1.29 is 9.21 Å². The number of rotatable bonds is 2. The highest BCUT2D eigenvalue weighted by Gasteiger charge is 2.33. The molecule has 0 bridgehead atoms. The second kappa shape index (κ2) is 6.28. The number of hydrogen-bond acceptors (Lipinski definition) is 4. The highest BCUT2D eigenvalue weighted by molar-refractivity contribution is 9.10. The number of nitrogens with one attached hydrogen (secondary N) is 2. The van der Waals surface area contributed by atoms with Gasteiger partial charge in [-0.05, 0) is 55.5 Å². The van der Waals surface area contributed by atoms with Crippen LogP contribution < -0.4 is 10.6 Å². The number of fused-ring (bicyclic) bond motifs is 3. The summed E-state index contributed by atoms with van der Waals surface area (Å²) in [6.07, 6.45) is 4.14. The standard InChI is InChI=1S/C20H17BrN2O2S/c21-12-5-3-4-11(10-12)14-8-9-15(25-14)18-22-19(24)17-13-6-1-2-7-16(13)26-20(17)23-18/h3-5,8-10,18,23H,1-2,6-7H2,(H,22,24)/t18-/m0/s1. The maximum absolute atomic E-state index is 12.7. The van der Waals surface area contributed by atoms with Gasteiger partial charge in [-0.15, -0.1) is 11.3 Å². The van der Waals surface area contributed by atoms with E-state index in [1.165, 1.54) is 23.3 Å². The Balaban J connectivity index is 1.46. The molecule has 0 radical (unpaired) electrons. The molecule has 2 N–H and O–H groups in total. The van der Waals surface area contributed by atoms with Gasteiger partial charge in [0.2, 0.25) is 0 Å². The van der Waals surface area contributed by atoms with E-state index in [0.29, 0.717) is 5.76 Å². The summed E-state index contributed by atoms with van der Waals surface area (Å²) in [4.78, 5) is 14.1. The van der Waals surface area contributed by atoms with Gasteiger partial charge in [0.1, 0.15) is 16.5 Å². The number of carbonyl (C=O) groups excluding carboxylic acids is 1. The molecule has 6 heteroatoms. The van der Waals surface area contributed by atoms with Gasteiger partial charge >= 0.3 is 0 Å². The minimum atomic E-state index is -0.337. The zero-order valence-corrected chi connectivity index (χ0v) is 16.4. The molecule has 5 rings (SSSR count). The maximum atomic E-state index is 12.7. The average Bonchev–Trinajstić information content (AvgIpc) is 3.26. The molecule has 132 valence electrons. The number of carbonyl (C=O) groups is 1. The molecule has 0 saturated carbocycles. The third-order valence-electron chi connectivity index (χ3n) is 4.97. The maximum Gasteiger partial charge on any atom is 0.256 e. The van der Waals surface area contributed by atoms with Crippen LogP contribution in [0.2, 0.25) is 0 Å². The summed E-state index contributed by atoms with van der Waals surface area (Å²) in [7, 11) is 0. The van der Waals surface area contributed by atoms with Gasteiger partial charge in [-0.1, -0.05) is 28.1 Å². The lowest BCUT2D eigenvalue weighted by Crippen LogP contribution is -2.38. The molecule has 4 nitrogen and oxygen atoms in total. The Morgan fingerprint density at radius 3 is 2.88 bits per heavy atom. The third kappa shape index (κ3) is 2.68. The van der Waals surface area contributed by atoms with E-state index in [1.807, 2.05) is 36.4 Å². The molecule has 2 aliphatic rings. The van der Waals surface area contributed by atoms with Crippen molar-refractivity contribution in [3.63, 3.8) is 0 Å². The zero-order chi connectivity index (χ0) is 17.7. The summed E-state index contributed by atoms with van der Waals surface area (Å²) in [5, 5.41) is 7.49. The van der Waals surface area contributed by atoms with Gasteiger partial charge in [0.05, 0.1) is 5.56 Å². The van der Waals surface area contributed by atoms with E-state index in [0.717, 1.165) is 39.2 Å². The summed E-state index contributed by atoms with van der Waals surface area (Å²) in [6, 6.07) is 11.8. The minimum Gasteiger partial charge on any atom is -0.457 e. The zero-order valence-electron chi connectivity index (χ0n) is 14.0. The van der Waals surface area contributed by atoms with Crippen molar-refractivity contribution in [3.05, 3.63) is 62.6 Å². The summed E-state index contributed by atoms with van der Waals surface area (Å²) >= 11 is 5.21. The van der Waals surface area contributed by atoms with E-state index in [4.69, 9.17) is 4.42 Å². The molecule has 0 fully saturated rings. The smallest absolute Gasteiger partial charge is 0.256 e. The van der Waals surface area contributed by atoms with Crippen LogP contribution in [-0.4, -0.2) is 5.91 Å². The molecule has 1 aliphatic carbocycles. The van der Waals surface area contributed by atoms with Crippen LogP contribution in [0.3, 0.4) is 0 Å².